The Labute approximate surface area is 107 Å². The summed E-state index contributed by atoms with van der Waals surface area (Å²) in [4.78, 5) is 19.5. The van der Waals surface area contributed by atoms with Crippen molar-refractivity contribution in [2.45, 2.75) is 6.54 Å². The maximum Gasteiger partial charge on any atom is 0.237 e. The SMILES string of the molecule is CN(C)CCN(Cc1cccnc1)C(=O)CCl. The van der Waals surface area contributed by atoms with Gasteiger partial charge < -0.3 is 9.80 Å². The molecular weight excluding hydrogens is 238 g/mol. The standard InChI is InChI=1S/C12H18ClN3O/c1-15(2)6-7-16(12(17)8-13)10-11-4-3-5-14-9-11/h3-5,9H,6-8,10H2,1-2H3. The highest BCUT2D eigenvalue weighted by atomic mass is 35.5. The van der Waals surface area contributed by atoms with Crippen molar-refractivity contribution in [2.75, 3.05) is 33.1 Å². The Morgan fingerprint density at radius 2 is 2.18 bits per heavy atom. The summed E-state index contributed by atoms with van der Waals surface area (Å²) in [6.07, 6.45) is 3.49. The van der Waals surface area contributed by atoms with E-state index in [1.54, 1.807) is 17.3 Å². The van der Waals surface area contributed by atoms with Gasteiger partial charge in [0.2, 0.25) is 5.91 Å². The van der Waals surface area contributed by atoms with Gasteiger partial charge in [0.15, 0.2) is 0 Å². The fraction of sp³-hybridized carbons (Fsp3) is 0.500. The van der Waals surface area contributed by atoms with E-state index in [0.29, 0.717) is 13.1 Å². The number of nitrogens with zero attached hydrogens (tertiary/aromatic N) is 3. The van der Waals surface area contributed by atoms with Crippen molar-refractivity contribution in [3.63, 3.8) is 0 Å². The van der Waals surface area contributed by atoms with E-state index in [2.05, 4.69) is 4.98 Å². The number of amides is 1. The first-order chi connectivity index (χ1) is 8.13. The molecule has 4 nitrogen and oxygen atoms in total. The third kappa shape index (κ3) is 5.15. The maximum absolute atomic E-state index is 11.7. The number of hydrogen-bond acceptors (Lipinski definition) is 3. The van der Waals surface area contributed by atoms with Gasteiger partial charge in [-0.1, -0.05) is 6.07 Å². The molecule has 0 radical (unpaired) electrons. The number of hydrogen-bond donors (Lipinski definition) is 0. The molecule has 1 rings (SSSR count). The molecule has 0 aliphatic rings. The van der Waals surface area contributed by atoms with E-state index in [4.69, 9.17) is 11.6 Å². The zero-order valence-electron chi connectivity index (χ0n) is 10.3. The van der Waals surface area contributed by atoms with Crippen LogP contribution in [0.1, 0.15) is 5.56 Å². The minimum Gasteiger partial charge on any atom is -0.336 e. The molecule has 5 heteroatoms. The van der Waals surface area contributed by atoms with Crippen LogP contribution in [0.4, 0.5) is 0 Å². The Morgan fingerprint density at radius 3 is 2.71 bits per heavy atom. The number of halogens is 1. The average Bonchev–Trinajstić information content (AvgIpc) is 2.34. The summed E-state index contributed by atoms with van der Waals surface area (Å²) in [5.74, 6) is -0.0226. The van der Waals surface area contributed by atoms with Crippen LogP contribution in [0.25, 0.3) is 0 Å². The van der Waals surface area contributed by atoms with Crippen molar-refractivity contribution in [3.8, 4) is 0 Å². The van der Waals surface area contributed by atoms with Crippen LogP contribution in [0.2, 0.25) is 0 Å². The Balaban J connectivity index is 2.60. The lowest BCUT2D eigenvalue weighted by Crippen LogP contribution is -2.36. The largest absolute Gasteiger partial charge is 0.336 e. The van der Waals surface area contributed by atoms with Crippen LogP contribution in [-0.4, -0.2) is 53.8 Å². The highest BCUT2D eigenvalue weighted by Gasteiger charge is 2.12. The first-order valence-electron chi connectivity index (χ1n) is 5.51. The molecule has 1 aromatic heterocycles. The molecule has 0 spiro atoms. The normalized spacial score (nSPS) is 10.6. The van der Waals surface area contributed by atoms with Gasteiger partial charge in [0, 0.05) is 32.0 Å². The highest BCUT2D eigenvalue weighted by Crippen LogP contribution is 2.04. The summed E-state index contributed by atoms with van der Waals surface area (Å²) < 4.78 is 0. The minimum atomic E-state index is -0.0441. The zero-order chi connectivity index (χ0) is 12.7. The molecule has 0 saturated carbocycles. The van der Waals surface area contributed by atoms with Crippen LogP contribution in [0, 0.1) is 0 Å². The number of pyridine rings is 1. The maximum atomic E-state index is 11.7. The Bertz CT molecular complexity index is 343. The summed E-state index contributed by atoms with van der Waals surface area (Å²) in [6.45, 7) is 2.06. The second kappa shape index (κ2) is 7.25. The number of carbonyl (C=O) groups is 1. The van der Waals surface area contributed by atoms with E-state index in [1.807, 2.05) is 31.1 Å². The Hall–Kier alpha value is -1.13. The zero-order valence-corrected chi connectivity index (χ0v) is 11.0. The van der Waals surface area contributed by atoms with Crippen LogP contribution < -0.4 is 0 Å². The molecule has 0 N–H and O–H groups in total. The summed E-state index contributed by atoms with van der Waals surface area (Å²) in [5.41, 5.74) is 1.02. The number of rotatable bonds is 6. The molecule has 17 heavy (non-hydrogen) atoms. The third-order valence-electron chi connectivity index (χ3n) is 2.38. The van der Waals surface area contributed by atoms with Gasteiger partial charge >= 0.3 is 0 Å². The first-order valence-corrected chi connectivity index (χ1v) is 6.04. The smallest absolute Gasteiger partial charge is 0.237 e. The molecule has 94 valence electrons. The molecule has 0 unspecified atom stereocenters. The van der Waals surface area contributed by atoms with Crippen molar-refractivity contribution >= 4 is 17.5 Å². The number of aromatic nitrogens is 1. The second-order valence-electron chi connectivity index (χ2n) is 4.11. The lowest BCUT2D eigenvalue weighted by atomic mass is 10.2. The van der Waals surface area contributed by atoms with Gasteiger partial charge in [-0.05, 0) is 25.7 Å². The average molecular weight is 256 g/mol. The van der Waals surface area contributed by atoms with Gasteiger partial charge in [0.25, 0.3) is 0 Å². The van der Waals surface area contributed by atoms with Crippen LogP contribution in [0.5, 0.6) is 0 Å². The van der Waals surface area contributed by atoms with Crippen molar-refractivity contribution in [3.05, 3.63) is 30.1 Å². The summed E-state index contributed by atoms with van der Waals surface area (Å²) in [6, 6.07) is 3.82. The molecule has 1 aromatic rings. The van der Waals surface area contributed by atoms with Crippen molar-refractivity contribution in [1.29, 1.82) is 0 Å². The van der Waals surface area contributed by atoms with Crippen LogP contribution in [0.15, 0.2) is 24.5 Å². The second-order valence-corrected chi connectivity index (χ2v) is 4.38. The molecular formula is C12H18ClN3O. The van der Waals surface area contributed by atoms with Gasteiger partial charge in [0.05, 0.1) is 0 Å². The van der Waals surface area contributed by atoms with E-state index in [-0.39, 0.29) is 11.8 Å². The van der Waals surface area contributed by atoms with Crippen LogP contribution in [-0.2, 0) is 11.3 Å². The molecule has 0 aliphatic carbocycles. The highest BCUT2D eigenvalue weighted by molar-refractivity contribution is 6.27. The van der Waals surface area contributed by atoms with Gasteiger partial charge in [-0.25, -0.2) is 0 Å². The molecule has 0 fully saturated rings. The first kappa shape index (κ1) is 13.9. The van der Waals surface area contributed by atoms with Gasteiger partial charge in [-0.3, -0.25) is 9.78 Å². The molecule has 0 aromatic carbocycles. The van der Waals surface area contributed by atoms with E-state index < -0.39 is 0 Å². The lowest BCUT2D eigenvalue weighted by Gasteiger charge is -2.23. The molecule has 0 saturated heterocycles. The molecule has 0 bridgehead atoms. The van der Waals surface area contributed by atoms with Crippen molar-refractivity contribution < 1.29 is 4.79 Å². The quantitative estimate of drug-likeness (QED) is 0.717. The summed E-state index contributed by atoms with van der Waals surface area (Å²) >= 11 is 5.61. The predicted octanol–water partition coefficient (Wildman–Crippen LogP) is 1.21. The van der Waals surface area contributed by atoms with Crippen LogP contribution >= 0.6 is 11.6 Å². The monoisotopic (exact) mass is 255 g/mol. The van der Waals surface area contributed by atoms with E-state index in [0.717, 1.165) is 12.1 Å². The minimum absolute atomic E-state index is 0.0215. The lowest BCUT2D eigenvalue weighted by molar-refractivity contribution is -0.129. The fourth-order valence-corrected chi connectivity index (χ4v) is 1.58. The topological polar surface area (TPSA) is 36.4 Å². The van der Waals surface area contributed by atoms with E-state index in [1.165, 1.54) is 0 Å². The third-order valence-corrected chi connectivity index (χ3v) is 2.61. The Kier molecular flexibility index (Phi) is 5.94. The molecule has 1 amide bonds. The fourth-order valence-electron chi connectivity index (χ4n) is 1.41. The van der Waals surface area contributed by atoms with Gasteiger partial charge in [0.1, 0.15) is 5.88 Å². The van der Waals surface area contributed by atoms with E-state index in [9.17, 15) is 4.79 Å². The summed E-state index contributed by atoms with van der Waals surface area (Å²) in [7, 11) is 3.96. The van der Waals surface area contributed by atoms with Crippen molar-refractivity contribution in [2.24, 2.45) is 0 Å². The van der Waals surface area contributed by atoms with Gasteiger partial charge in [-0.2, -0.15) is 0 Å². The molecule has 0 atom stereocenters. The predicted molar refractivity (Wildman–Crippen MR) is 68.9 cm³/mol. The molecule has 1 heterocycles. The van der Waals surface area contributed by atoms with Crippen LogP contribution in [0.3, 0.4) is 0 Å². The van der Waals surface area contributed by atoms with Crippen molar-refractivity contribution in [1.82, 2.24) is 14.8 Å². The van der Waals surface area contributed by atoms with E-state index >= 15 is 0 Å². The number of alkyl halides is 1. The summed E-state index contributed by atoms with van der Waals surface area (Å²) in [5, 5.41) is 0. The van der Waals surface area contributed by atoms with Gasteiger partial charge in [-0.15, -0.1) is 11.6 Å². The number of likely N-dealkylation sites (N-methyl/N-ethyl adjacent to an activating group) is 1. The number of carbonyl (C=O) groups excluding carboxylic acids is 1. The molecule has 0 aliphatic heterocycles. The Morgan fingerprint density at radius 1 is 1.41 bits per heavy atom.